The smallest absolute Gasteiger partial charge is 0.255 e. The summed E-state index contributed by atoms with van der Waals surface area (Å²) in [5.41, 5.74) is 1.72. The summed E-state index contributed by atoms with van der Waals surface area (Å²) in [6.07, 6.45) is 0. The van der Waals surface area contributed by atoms with Gasteiger partial charge in [0, 0.05) is 30.9 Å². The van der Waals surface area contributed by atoms with E-state index in [-0.39, 0.29) is 11.8 Å². The minimum atomic E-state index is -0.224. The van der Waals surface area contributed by atoms with Crippen molar-refractivity contribution in [3.63, 3.8) is 0 Å². The van der Waals surface area contributed by atoms with Crippen molar-refractivity contribution >= 4 is 17.5 Å². The lowest BCUT2D eigenvalue weighted by Gasteiger charge is -2.11. The number of carbonyl (C=O) groups is 2. The molecule has 120 valence electrons. The molecule has 2 aromatic rings. The lowest BCUT2D eigenvalue weighted by molar-refractivity contribution is 0.0827. The second kappa shape index (κ2) is 7.45. The number of anilines is 1. The molecule has 2 amide bonds. The highest BCUT2D eigenvalue weighted by atomic mass is 16.5. The van der Waals surface area contributed by atoms with E-state index in [4.69, 9.17) is 4.74 Å². The van der Waals surface area contributed by atoms with Crippen LogP contribution in [0.25, 0.3) is 0 Å². The Bertz CT molecular complexity index is 694. The van der Waals surface area contributed by atoms with Gasteiger partial charge in [-0.15, -0.1) is 0 Å². The van der Waals surface area contributed by atoms with Gasteiger partial charge in [0.25, 0.3) is 11.8 Å². The standard InChI is InChI=1S/C18H20N2O3/c1-4-23-16-7-5-6-14(12-16)17(21)19-15-10-8-13(9-11-15)18(22)20(2)3/h5-12H,4H2,1-3H3,(H,19,21). The van der Waals surface area contributed by atoms with Crippen molar-refractivity contribution in [3.8, 4) is 5.75 Å². The minimum absolute atomic E-state index is 0.0766. The summed E-state index contributed by atoms with van der Waals surface area (Å²) in [6, 6.07) is 13.8. The van der Waals surface area contributed by atoms with Crippen LogP contribution >= 0.6 is 0 Å². The first-order valence-electron chi connectivity index (χ1n) is 7.37. The Morgan fingerprint density at radius 2 is 1.74 bits per heavy atom. The van der Waals surface area contributed by atoms with Crippen LogP contribution in [0.15, 0.2) is 48.5 Å². The molecule has 0 saturated heterocycles. The van der Waals surface area contributed by atoms with Crippen molar-refractivity contribution in [2.75, 3.05) is 26.0 Å². The largest absolute Gasteiger partial charge is 0.494 e. The molecule has 23 heavy (non-hydrogen) atoms. The van der Waals surface area contributed by atoms with E-state index < -0.39 is 0 Å². The Morgan fingerprint density at radius 1 is 1.04 bits per heavy atom. The monoisotopic (exact) mass is 312 g/mol. The Balaban J connectivity index is 2.08. The zero-order valence-electron chi connectivity index (χ0n) is 13.5. The molecule has 0 heterocycles. The quantitative estimate of drug-likeness (QED) is 0.923. The van der Waals surface area contributed by atoms with Crippen molar-refractivity contribution < 1.29 is 14.3 Å². The fourth-order valence-electron chi connectivity index (χ4n) is 2.05. The molecule has 0 aliphatic carbocycles. The maximum absolute atomic E-state index is 12.3. The lowest BCUT2D eigenvalue weighted by atomic mass is 10.1. The van der Waals surface area contributed by atoms with Gasteiger partial charge in [0.2, 0.25) is 0 Å². The molecule has 0 aromatic heterocycles. The first-order chi connectivity index (χ1) is 11.0. The molecule has 1 N–H and O–H groups in total. The van der Waals surface area contributed by atoms with Crippen molar-refractivity contribution in [2.24, 2.45) is 0 Å². The molecule has 0 atom stereocenters. The van der Waals surface area contributed by atoms with Crippen LogP contribution in [-0.4, -0.2) is 37.4 Å². The van der Waals surface area contributed by atoms with Crippen LogP contribution in [0, 0.1) is 0 Å². The number of amides is 2. The summed E-state index contributed by atoms with van der Waals surface area (Å²) in [7, 11) is 3.40. The van der Waals surface area contributed by atoms with E-state index >= 15 is 0 Å². The maximum Gasteiger partial charge on any atom is 0.255 e. The van der Waals surface area contributed by atoms with Crippen LogP contribution in [0.3, 0.4) is 0 Å². The van der Waals surface area contributed by atoms with Crippen LogP contribution in [0.2, 0.25) is 0 Å². The van der Waals surface area contributed by atoms with Gasteiger partial charge < -0.3 is 15.0 Å². The van der Waals surface area contributed by atoms with Gasteiger partial charge in [0.1, 0.15) is 5.75 Å². The van der Waals surface area contributed by atoms with Gasteiger partial charge in [-0.1, -0.05) is 6.07 Å². The third-order valence-corrected chi connectivity index (χ3v) is 3.20. The lowest BCUT2D eigenvalue weighted by Crippen LogP contribution is -2.21. The third-order valence-electron chi connectivity index (χ3n) is 3.20. The summed E-state index contributed by atoms with van der Waals surface area (Å²) in [4.78, 5) is 25.6. The Morgan fingerprint density at radius 3 is 2.35 bits per heavy atom. The van der Waals surface area contributed by atoms with Crippen molar-refractivity contribution in [3.05, 3.63) is 59.7 Å². The second-order valence-electron chi connectivity index (χ2n) is 5.19. The first-order valence-corrected chi connectivity index (χ1v) is 7.37. The van der Waals surface area contributed by atoms with Gasteiger partial charge in [0.15, 0.2) is 0 Å². The summed E-state index contributed by atoms with van der Waals surface area (Å²) in [5.74, 6) is 0.359. The third kappa shape index (κ3) is 4.32. The molecule has 0 bridgehead atoms. The van der Waals surface area contributed by atoms with Crippen LogP contribution in [0.4, 0.5) is 5.69 Å². The SMILES string of the molecule is CCOc1cccc(C(=O)Nc2ccc(C(=O)N(C)C)cc2)c1. The normalized spacial score (nSPS) is 10.0. The van der Waals surface area contributed by atoms with Crippen molar-refractivity contribution in [1.29, 1.82) is 0 Å². The number of rotatable bonds is 5. The second-order valence-corrected chi connectivity index (χ2v) is 5.19. The number of ether oxygens (including phenoxy) is 1. The van der Waals surface area contributed by atoms with Gasteiger partial charge in [-0.2, -0.15) is 0 Å². The van der Waals surface area contributed by atoms with E-state index in [1.54, 1.807) is 56.6 Å². The molecular weight excluding hydrogens is 292 g/mol. The van der Waals surface area contributed by atoms with E-state index in [9.17, 15) is 9.59 Å². The predicted molar refractivity (Wildman–Crippen MR) is 90.0 cm³/mol. The van der Waals surface area contributed by atoms with E-state index in [0.717, 1.165) is 0 Å². The molecule has 0 aliphatic heterocycles. The molecule has 2 rings (SSSR count). The van der Waals surface area contributed by atoms with Gasteiger partial charge in [-0.05, 0) is 49.4 Å². The molecule has 0 fully saturated rings. The highest BCUT2D eigenvalue weighted by Gasteiger charge is 2.10. The van der Waals surface area contributed by atoms with E-state index in [1.807, 2.05) is 13.0 Å². The minimum Gasteiger partial charge on any atom is -0.494 e. The number of nitrogens with zero attached hydrogens (tertiary/aromatic N) is 1. The Hall–Kier alpha value is -2.82. The van der Waals surface area contributed by atoms with E-state index in [2.05, 4.69) is 5.32 Å². The Labute approximate surface area is 135 Å². The van der Waals surface area contributed by atoms with Gasteiger partial charge in [0.05, 0.1) is 6.61 Å². The molecule has 0 radical (unpaired) electrons. The molecule has 5 nitrogen and oxygen atoms in total. The fraction of sp³-hybridized carbons (Fsp3) is 0.222. The zero-order valence-corrected chi connectivity index (χ0v) is 13.5. The summed E-state index contributed by atoms with van der Waals surface area (Å²) in [5, 5.41) is 2.80. The van der Waals surface area contributed by atoms with Crippen LogP contribution in [0.5, 0.6) is 5.75 Å². The topological polar surface area (TPSA) is 58.6 Å². The molecule has 0 unspecified atom stereocenters. The molecule has 0 spiro atoms. The zero-order chi connectivity index (χ0) is 16.8. The Kier molecular flexibility index (Phi) is 5.36. The van der Waals surface area contributed by atoms with E-state index in [1.165, 1.54) is 4.90 Å². The van der Waals surface area contributed by atoms with Crippen LogP contribution in [-0.2, 0) is 0 Å². The van der Waals surface area contributed by atoms with Crippen LogP contribution < -0.4 is 10.1 Å². The molecule has 0 saturated carbocycles. The number of hydrogen-bond acceptors (Lipinski definition) is 3. The summed E-state index contributed by atoms with van der Waals surface area (Å²) >= 11 is 0. The first kappa shape index (κ1) is 16.5. The number of benzene rings is 2. The van der Waals surface area contributed by atoms with E-state index in [0.29, 0.717) is 29.2 Å². The average Bonchev–Trinajstić information content (AvgIpc) is 2.55. The summed E-state index contributed by atoms with van der Waals surface area (Å²) < 4.78 is 5.39. The van der Waals surface area contributed by atoms with Gasteiger partial charge in [-0.3, -0.25) is 9.59 Å². The van der Waals surface area contributed by atoms with Gasteiger partial charge >= 0.3 is 0 Å². The highest BCUT2D eigenvalue weighted by molar-refractivity contribution is 6.04. The van der Waals surface area contributed by atoms with Gasteiger partial charge in [-0.25, -0.2) is 0 Å². The number of carbonyl (C=O) groups excluding carboxylic acids is 2. The molecule has 2 aromatic carbocycles. The summed E-state index contributed by atoms with van der Waals surface area (Å²) in [6.45, 7) is 2.44. The number of hydrogen-bond donors (Lipinski definition) is 1. The molecule has 0 aliphatic rings. The van der Waals surface area contributed by atoms with Crippen molar-refractivity contribution in [2.45, 2.75) is 6.92 Å². The number of nitrogens with one attached hydrogen (secondary N) is 1. The maximum atomic E-state index is 12.3. The predicted octanol–water partition coefficient (Wildman–Crippen LogP) is 3.04. The average molecular weight is 312 g/mol. The van der Waals surface area contributed by atoms with Crippen LogP contribution in [0.1, 0.15) is 27.6 Å². The molecule has 5 heteroatoms. The fourth-order valence-corrected chi connectivity index (χ4v) is 2.05. The van der Waals surface area contributed by atoms with Crippen molar-refractivity contribution in [1.82, 2.24) is 4.90 Å². The highest BCUT2D eigenvalue weighted by Crippen LogP contribution is 2.16. The molecular formula is C18H20N2O3.